The average Bonchev–Trinajstić information content (AvgIpc) is 2.87. The fourth-order valence-corrected chi connectivity index (χ4v) is 3.42. The largest absolute Gasteiger partial charge is 0.369 e. The third-order valence-electron chi connectivity index (χ3n) is 3.84. The van der Waals surface area contributed by atoms with Crippen molar-refractivity contribution in [1.29, 1.82) is 0 Å². The molecule has 1 fully saturated rings. The van der Waals surface area contributed by atoms with Gasteiger partial charge in [-0.3, -0.25) is 0 Å². The van der Waals surface area contributed by atoms with Crippen molar-refractivity contribution in [3.63, 3.8) is 0 Å². The van der Waals surface area contributed by atoms with Crippen LogP contribution in [0.15, 0.2) is 22.7 Å². The third-order valence-corrected chi connectivity index (χ3v) is 4.58. The highest BCUT2D eigenvalue weighted by atomic mass is 79.9. The van der Waals surface area contributed by atoms with Crippen molar-refractivity contribution < 1.29 is 0 Å². The smallest absolute Gasteiger partial charge is 0.0380 e. The maximum absolute atomic E-state index is 3.69. The molecule has 0 aromatic heterocycles. The van der Waals surface area contributed by atoms with Crippen LogP contribution in [0.4, 0.5) is 5.69 Å². The van der Waals surface area contributed by atoms with Crippen LogP contribution in [0.5, 0.6) is 0 Å². The molecule has 1 aliphatic carbocycles. The number of anilines is 1. The van der Waals surface area contributed by atoms with Crippen LogP contribution in [0.3, 0.4) is 0 Å². The summed E-state index contributed by atoms with van der Waals surface area (Å²) in [4.78, 5) is 2.56. The lowest BCUT2D eigenvalue weighted by Crippen LogP contribution is -2.32. The summed E-state index contributed by atoms with van der Waals surface area (Å²) in [6.45, 7) is 4.27. The van der Waals surface area contributed by atoms with Crippen molar-refractivity contribution in [2.45, 2.75) is 45.2 Å². The zero-order chi connectivity index (χ0) is 13.0. The average molecular weight is 311 g/mol. The number of halogens is 1. The van der Waals surface area contributed by atoms with Crippen molar-refractivity contribution in [3.8, 4) is 0 Å². The molecule has 1 saturated carbocycles. The quantitative estimate of drug-likeness (QED) is 0.886. The molecule has 3 heteroatoms. The fourth-order valence-electron chi connectivity index (χ4n) is 2.92. The number of rotatable bonds is 5. The fraction of sp³-hybridized carbons (Fsp3) is 0.600. The zero-order valence-electron chi connectivity index (χ0n) is 11.4. The van der Waals surface area contributed by atoms with E-state index in [4.69, 9.17) is 0 Å². The molecule has 2 rings (SSSR count). The Labute approximate surface area is 119 Å². The van der Waals surface area contributed by atoms with Crippen LogP contribution in [-0.4, -0.2) is 19.6 Å². The Morgan fingerprint density at radius 2 is 2.06 bits per heavy atom. The zero-order valence-corrected chi connectivity index (χ0v) is 13.0. The molecule has 0 aliphatic heterocycles. The molecule has 0 saturated heterocycles. The van der Waals surface area contributed by atoms with Crippen LogP contribution in [0, 0.1) is 0 Å². The van der Waals surface area contributed by atoms with E-state index in [1.165, 1.54) is 41.4 Å². The molecule has 1 N–H and O–H groups in total. The maximum Gasteiger partial charge on any atom is 0.0380 e. The van der Waals surface area contributed by atoms with Crippen molar-refractivity contribution in [3.05, 3.63) is 28.2 Å². The molecule has 0 heterocycles. The molecule has 0 unspecified atom stereocenters. The van der Waals surface area contributed by atoms with Gasteiger partial charge in [-0.2, -0.15) is 0 Å². The Kier molecular flexibility index (Phi) is 5.07. The maximum atomic E-state index is 3.69. The minimum Gasteiger partial charge on any atom is -0.369 e. The van der Waals surface area contributed by atoms with Gasteiger partial charge in [0, 0.05) is 29.3 Å². The van der Waals surface area contributed by atoms with Crippen LogP contribution in [0.25, 0.3) is 0 Å². The molecule has 0 atom stereocenters. The highest BCUT2D eigenvalue weighted by Crippen LogP contribution is 2.30. The van der Waals surface area contributed by atoms with E-state index in [-0.39, 0.29) is 0 Å². The van der Waals surface area contributed by atoms with E-state index < -0.39 is 0 Å². The van der Waals surface area contributed by atoms with Gasteiger partial charge in [-0.25, -0.2) is 0 Å². The number of hydrogen-bond donors (Lipinski definition) is 1. The molecular formula is C15H23BrN2. The Balaban J connectivity index is 2.17. The first-order chi connectivity index (χ1) is 8.76. The van der Waals surface area contributed by atoms with E-state index in [0.29, 0.717) is 0 Å². The molecule has 0 radical (unpaired) electrons. The summed E-state index contributed by atoms with van der Waals surface area (Å²) in [5.74, 6) is 0. The van der Waals surface area contributed by atoms with Gasteiger partial charge in [0.05, 0.1) is 0 Å². The van der Waals surface area contributed by atoms with Crippen LogP contribution in [-0.2, 0) is 6.54 Å². The van der Waals surface area contributed by atoms with Crippen LogP contribution in [0.1, 0.15) is 38.2 Å². The van der Waals surface area contributed by atoms with Gasteiger partial charge >= 0.3 is 0 Å². The van der Waals surface area contributed by atoms with Gasteiger partial charge in [-0.1, -0.05) is 34.8 Å². The molecule has 0 bridgehead atoms. The van der Waals surface area contributed by atoms with Gasteiger partial charge in [0.25, 0.3) is 0 Å². The predicted octanol–water partition coefficient (Wildman–Crippen LogP) is 3.94. The number of nitrogens with zero attached hydrogens (tertiary/aromatic N) is 1. The summed E-state index contributed by atoms with van der Waals surface area (Å²) in [5.41, 5.74) is 2.68. The molecule has 1 aromatic rings. The topological polar surface area (TPSA) is 15.3 Å². The van der Waals surface area contributed by atoms with Gasteiger partial charge in [-0.15, -0.1) is 0 Å². The normalized spacial score (nSPS) is 16.2. The lowest BCUT2D eigenvalue weighted by Gasteiger charge is -2.30. The minimum absolute atomic E-state index is 0.747. The van der Waals surface area contributed by atoms with Gasteiger partial charge in [0.1, 0.15) is 0 Å². The predicted molar refractivity (Wildman–Crippen MR) is 82.2 cm³/mol. The Bertz CT molecular complexity index is 386. The summed E-state index contributed by atoms with van der Waals surface area (Å²) >= 11 is 3.69. The van der Waals surface area contributed by atoms with Crippen LogP contribution < -0.4 is 10.2 Å². The number of hydrogen-bond acceptors (Lipinski definition) is 2. The van der Waals surface area contributed by atoms with Gasteiger partial charge in [0.15, 0.2) is 0 Å². The molecular weight excluding hydrogens is 288 g/mol. The third kappa shape index (κ3) is 3.07. The summed E-state index contributed by atoms with van der Waals surface area (Å²) in [5, 5.41) is 3.20. The van der Waals surface area contributed by atoms with Gasteiger partial charge < -0.3 is 10.2 Å². The monoisotopic (exact) mass is 310 g/mol. The second kappa shape index (κ2) is 6.58. The molecule has 2 nitrogen and oxygen atoms in total. The summed E-state index contributed by atoms with van der Waals surface area (Å²) in [7, 11) is 1.98. The van der Waals surface area contributed by atoms with Gasteiger partial charge in [0.2, 0.25) is 0 Å². The highest BCUT2D eigenvalue weighted by Gasteiger charge is 2.21. The molecule has 0 amide bonds. The lowest BCUT2D eigenvalue weighted by molar-refractivity contribution is 0.619. The molecule has 1 aromatic carbocycles. The van der Waals surface area contributed by atoms with Crippen LogP contribution in [0.2, 0.25) is 0 Å². The van der Waals surface area contributed by atoms with E-state index in [2.05, 4.69) is 51.3 Å². The Morgan fingerprint density at radius 1 is 1.33 bits per heavy atom. The molecule has 100 valence electrons. The van der Waals surface area contributed by atoms with E-state index >= 15 is 0 Å². The van der Waals surface area contributed by atoms with Crippen molar-refractivity contribution in [1.82, 2.24) is 5.32 Å². The number of nitrogens with one attached hydrogen (secondary N) is 1. The lowest BCUT2D eigenvalue weighted by atomic mass is 10.1. The first-order valence-electron chi connectivity index (χ1n) is 6.96. The van der Waals surface area contributed by atoms with E-state index in [0.717, 1.165) is 19.1 Å². The van der Waals surface area contributed by atoms with Crippen molar-refractivity contribution >= 4 is 21.6 Å². The Morgan fingerprint density at radius 3 is 2.61 bits per heavy atom. The minimum atomic E-state index is 0.747. The van der Waals surface area contributed by atoms with E-state index in [1.54, 1.807) is 0 Å². The summed E-state index contributed by atoms with van der Waals surface area (Å²) < 4.78 is 1.21. The highest BCUT2D eigenvalue weighted by molar-refractivity contribution is 9.10. The van der Waals surface area contributed by atoms with E-state index in [9.17, 15) is 0 Å². The Hall–Kier alpha value is -0.540. The first kappa shape index (κ1) is 13.9. The number of benzene rings is 1. The van der Waals surface area contributed by atoms with Crippen molar-refractivity contribution in [2.24, 2.45) is 0 Å². The molecule has 18 heavy (non-hydrogen) atoms. The first-order valence-corrected chi connectivity index (χ1v) is 7.75. The van der Waals surface area contributed by atoms with E-state index in [1.807, 2.05) is 7.05 Å². The summed E-state index contributed by atoms with van der Waals surface area (Å²) in [6, 6.07) is 7.51. The van der Waals surface area contributed by atoms with Gasteiger partial charge in [-0.05, 0) is 44.5 Å². The van der Waals surface area contributed by atoms with Crippen LogP contribution >= 0.6 is 15.9 Å². The molecule has 0 spiro atoms. The van der Waals surface area contributed by atoms with Crippen molar-refractivity contribution in [2.75, 3.05) is 18.5 Å². The standard InChI is InChI=1S/C15H23BrN2/c1-3-18(13-6-4-5-7-13)14-9-8-12(11-17-2)15(16)10-14/h8-10,13,17H,3-7,11H2,1-2H3. The summed E-state index contributed by atoms with van der Waals surface area (Å²) in [6.07, 6.45) is 5.48. The SMILES string of the molecule is CCN(c1ccc(CNC)c(Br)c1)C1CCCC1. The second-order valence-corrected chi connectivity index (χ2v) is 5.88. The molecule has 1 aliphatic rings. The second-order valence-electron chi connectivity index (χ2n) is 5.03.